The van der Waals surface area contributed by atoms with Gasteiger partial charge in [-0.2, -0.15) is 0 Å². The number of aryl methyl sites for hydroxylation is 1. The second kappa shape index (κ2) is 10.2. The van der Waals surface area contributed by atoms with E-state index in [9.17, 15) is 9.59 Å². The molecule has 1 aliphatic heterocycles. The Morgan fingerprint density at radius 3 is 2.31 bits per heavy atom. The number of amides is 2. The summed E-state index contributed by atoms with van der Waals surface area (Å²) in [5, 5.41) is 5.54. The molecule has 5 nitrogen and oxygen atoms in total. The number of rotatable bonds is 7. The molecule has 5 heteroatoms. The van der Waals surface area contributed by atoms with Crippen molar-refractivity contribution in [1.82, 2.24) is 15.5 Å². The van der Waals surface area contributed by atoms with Gasteiger partial charge in [-0.25, -0.2) is 0 Å². The quantitative estimate of drug-likeness (QED) is 0.759. The predicted octanol–water partition coefficient (Wildman–Crippen LogP) is 3.27. The molecule has 0 aliphatic carbocycles. The summed E-state index contributed by atoms with van der Waals surface area (Å²) in [6.07, 6.45) is 2.56. The summed E-state index contributed by atoms with van der Waals surface area (Å²) in [7, 11) is 0. The highest BCUT2D eigenvalue weighted by Crippen LogP contribution is 2.18. The number of carbonyl (C=O) groups excluding carboxylic acids is 2. The maximum absolute atomic E-state index is 12.2. The average Bonchev–Trinajstić information content (AvgIpc) is 2.73. The van der Waals surface area contributed by atoms with Crippen LogP contribution in [0.5, 0.6) is 0 Å². The molecule has 2 aromatic carbocycles. The number of likely N-dealkylation sites (tertiary alicyclic amines) is 1. The first-order valence-electron chi connectivity index (χ1n) is 10.4. The lowest BCUT2D eigenvalue weighted by atomic mass is 9.99. The van der Waals surface area contributed by atoms with Gasteiger partial charge in [0.2, 0.25) is 5.91 Å². The van der Waals surface area contributed by atoms with E-state index in [0.29, 0.717) is 12.1 Å². The highest BCUT2D eigenvalue weighted by molar-refractivity contribution is 5.97. The second-order valence-corrected chi connectivity index (χ2v) is 8.05. The van der Waals surface area contributed by atoms with Crippen LogP contribution in [0, 0.1) is 12.8 Å². The lowest BCUT2D eigenvalue weighted by Gasteiger charge is -2.30. The summed E-state index contributed by atoms with van der Waals surface area (Å²) >= 11 is 0. The largest absolute Gasteiger partial charge is 0.350 e. The molecule has 29 heavy (non-hydrogen) atoms. The van der Waals surface area contributed by atoms with E-state index in [2.05, 4.69) is 46.7 Å². The van der Waals surface area contributed by atoms with Crippen molar-refractivity contribution in [3.63, 3.8) is 0 Å². The van der Waals surface area contributed by atoms with Gasteiger partial charge in [-0.3, -0.25) is 14.5 Å². The maximum atomic E-state index is 12.2. The third-order valence-corrected chi connectivity index (χ3v) is 5.59. The first-order valence-corrected chi connectivity index (χ1v) is 10.4. The highest BCUT2D eigenvalue weighted by Gasteiger charge is 2.15. The molecule has 1 saturated heterocycles. The Bertz CT molecular complexity index is 824. The van der Waals surface area contributed by atoms with Crippen LogP contribution in [0.2, 0.25) is 0 Å². The summed E-state index contributed by atoms with van der Waals surface area (Å²) in [5.41, 5.74) is 3.85. The summed E-state index contributed by atoms with van der Waals surface area (Å²) in [5.74, 6) is 0.423. The van der Waals surface area contributed by atoms with Gasteiger partial charge in [-0.1, -0.05) is 49.4 Å². The molecule has 2 amide bonds. The number of nitrogens with one attached hydrogen (secondary N) is 2. The Kier molecular flexibility index (Phi) is 7.42. The molecule has 3 rings (SSSR count). The second-order valence-electron chi connectivity index (χ2n) is 8.05. The smallest absolute Gasteiger partial charge is 0.251 e. The van der Waals surface area contributed by atoms with E-state index in [-0.39, 0.29) is 18.4 Å². The zero-order chi connectivity index (χ0) is 20.6. The van der Waals surface area contributed by atoms with Crippen molar-refractivity contribution in [2.45, 2.75) is 39.8 Å². The van der Waals surface area contributed by atoms with E-state index in [0.717, 1.165) is 23.6 Å². The minimum absolute atomic E-state index is 0.0291. The van der Waals surface area contributed by atoms with Crippen LogP contribution in [-0.2, 0) is 17.9 Å². The van der Waals surface area contributed by atoms with Crippen molar-refractivity contribution in [2.75, 3.05) is 19.6 Å². The molecule has 0 spiro atoms. The van der Waals surface area contributed by atoms with E-state index in [1.54, 1.807) is 6.07 Å². The predicted molar refractivity (Wildman–Crippen MR) is 115 cm³/mol. The molecule has 154 valence electrons. The van der Waals surface area contributed by atoms with E-state index in [1.807, 2.05) is 25.1 Å². The minimum Gasteiger partial charge on any atom is -0.350 e. The number of carbonyl (C=O) groups is 2. The molecule has 0 atom stereocenters. The molecule has 0 radical (unpaired) electrons. The molecule has 2 N–H and O–H groups in total. The summed E-state index contributed by atoms with van der Waals surface area (Å²) in [6, 6.07) is 15.7. The number of nitrogens with zero attached hydrogens (tertiary/aromatic N) is 1. The number of hydrogen-bond donors (Lipinski definition) is 2. The standard InChI is InChI=1S/C24H31N3O2/c1-18-11-13-27(14-12-18)17-21-9-7-20(8-10-21)15-25-23(28)16-26-24(29)22-6-4-3-5-19(22)2/h3-10,18H,11-17H2,1-2H3,(H,25,28)(H,26,29). The van der Waals surface area contributed by atoms with Crippen LogP contribution in [0.4, 0.5) is 0 Å². The van der Waals surface area contributed by atoms with Crippen molar-refractivity contribution in [1.29, 1.82) is 0 Å². The van der Waals surface area contributed by atoms with E-state index in [4.69, 9.17) is 0 Å². The van der Waals surface area contributed by atoms with Gasteiger partial charge in [0.25, 0.3) is 5.91 Å². The molecular weight excluding hydrogens is 362 g/mol. The van der Waals surface area contributed by atoms with Gasteiger partial charge in [0.15, 0.2) is 0 Å². The zero-order valence-corrected chi connectivity index (χ0v) is 17.4. The molecule has 0 saturated carbocycles. The van der Waals surface area contributed by atoms with Gasteiger partial charge < -0.3 is 10.6 Å². The average molecular weight is 394 g/mol. The van der Waals surface area contributed by atoms with E-state index in [1.165, 1.54) is 31.5 Å². The van der Waals surface area contributed by atoms with Crippen LogP contribution >= 0.6 is 0 Å². The lowest BCUT2D eigenvalue weighted by Crippen LogP contribution is -2.36. The number of hydrogen-bond acceptors (Lipinski definition) is 3. The normalized spacial score (nSPS) is 15.1. The van der Waals surface area contributed by atoms with Crippen LogP contribution in [0.25, 0.3) is 0 Å². The van der Waals surface area contributed by atoms with Crippen molar-refractivity contribution in [3.8, 4) is 0 Å². The van der Waals surface area contributed by atoms with E-state index < -0.39 is 0 Å². The zero-order valence-electron chi connectivity index (χ0n) is 17.4. The summed E-state index contributed by atoms with van der Waals surface area (Å²) in [6.45, 7) is 7.98. The Hall–Kier alpha value is -2.66. The van der Waals surface area contributed by atoms with Crippen molar-refractivity contribution in [2.24, 2.45) is 5.92 Å². The van der Waals surface area contributed by atoms with Crippen LogP contribution < -0.4 is 10.6 Å². The topological polar surface area (TPSA) is 61.4 Å². The number of piperidine rings is 1. The lowest BCUT2D eigenvalue weighted by molar-refractivity contribution is -0.120. The van der Waals surface area contributed by atoms with Crippen LogP contribution in [0.15, 0.2) is 48.5 Å². The Morgan fingerprint density at radius 1 is 0.966 bits per heavy atom. The molecule has 1 heterocycles. The SMILES string of the molecule is Cc1ccccc1C(=O)NCC(=O)NCc1ccc(CN2CCC(C)CC2)cc1. The fourth-order valence-corrected chi connectivity index (χ4v) is 3.59. The molecule has 2 aromatic rings. The fourth-order valence-electron chi connectivity index (χ4n) is 3.59. The first-order chi connectivity index (χ1) is 14.0. The maximum Gasteiger partial charge on any atom is 0.251 e. The third kappa shape index (κ3) is 6.43. The molecule has 0 aromatic heterocycles. The van der Waals surface area contributed by atoms with Gasteiger partial charge in [-0.05, 0) is 61.5 Å². The monoisotopic (exact) mass is 393 g/mol. The fraction of sp³-hybridized carbons (Fsp3) is 0.417. The molecule has 0 unspecified atom stereocenters. The first kappa shape index (κ1) is 21.1. The minimum atomic E-state index is -0.227. The van der Waals surface area contributed by atoms with Crippen molar-refractivity contribution < 1.29 is 9.59 Å². The van der Waals surface area contributed by atoms with Crippen molar-refractivity contribution >= 4 is 11.8 Å². The molecule has 1 aliphatic rings. The summed E-state index contributed by atoms with van der Waals surface area (Å²) in [4.78, 5) is 26.7. The molecular formula is C24H31N3O2. The Morgan fingerprint density at radius 2 is 1.62 bits per heavy atom. The van der Waals surface area contributed by atoms with Gasteiger partial charge in [0, 0.05) is 18.7 Å². The summed E-state index contributed by atoms with van der Waals surface area (Å²) < 4.78 is 0. The van der Waals surface area contributed by atoms with Crippen LogP contribution in [0.1, 0.15) is 46.8 Å². The van der Waals surface area contributed by atoms with Crippen molar-refractivity contribution in [3.05, 3.63) is 70.8 Å². The third-order valence-electron chi connectivity index (χ3n) is 5.59. The van der Waals surface area contributed by atoms with Gasteiger partial charge >= 0.3 is 0 Å². The number of benzene rings is 2. The van der Waals surface area contributed by atoms with Gasteiger partial charge in [-0.15, -0.1) is 0 Å². The van der Waals surface area contributed by atoms with Gasteiger partial charge in [0.1, 0.15) is 0 Å². The van der Waals surface area contributed by atoms with Crippen LogP contribution in [-0.4, -0.2) is 36.3 Å². The molecule has 1 fully saturated rings. The Balaban J connectivity index is 1.40. The van der Waals surface area contributed by atoms with Crippen LogP contribution in [0.3, 0.4) is 0 Å². The Labute approximate surface area is 173 Å². The van der Waals surface area contributed by atoms with Gasteiger partial charge in [0.05, 0.1) is 6.54 Å². The molecule has 0 bridgehead atoms. The highest BCUT2D eigenvalue weighted by atomic mass is 16.2. The van der Waals surface area contributed by atoms with E-state index >= 15 is 0 Å².